The average Bonchev–Trinajstić information content (AvgIpc) is 2.31. The molecule has 0 saturated carbocycles. The summed E-state index contributed by atoms with van der Waals surface area (Å²) in [6, 6.07) is 7.47. The van der Waals surface area contributed by atoms with Gasteiger partial charge in [0, 0.05) is 0 Å². The van der Waals surface area contributed by atoms with Crippen LogP contribution in [0.5, 0.6) is 0 Å². The number of halogens is 1. The van der Waals surface area contributed by atoms with Gasteiger partial charge < -0.3 is 0 Å². The zero-order valence-electron chi connectivity index (χ0n) is 12.2. The van der Waals surface area contributed by atoms with Crippen LogP contribution in [0.25, 0.3) is 11.3 Å². The number of hydrogen-bond acceptors (Lipinski definition) is 1. The van der Waals surface area contributed by atoms with Crippen molar-refractivity contribution in [2.75, 3.05) is 0 Å². The van der Waals surface area contributed by atoms with E-state index in [1.807, 2.05) is 18.3 Å². The van der Waals surface area contributed by atoms with Crippen LogP contribution in [0.2, 0.25) is 17.3 Å². The molecule has 3 heteroatoms. The van der Waals surface area contributed by atoms with Crippen LogP contribution in [-0.4, -0.2) is 18.3 Å². The molecule has 2 rings (SSSR count). The minimum absolute atomic E-state index is 0.167. The monoisotopic (exact) mass is 319 g/mol. The average molecular weight is 318 g/mol. The van der Waals surface area contributed by atoms with E-state index >= 15 is 0 Å². The maximum absolute atomic E-state index is 14.1. The summed E-state index contributed by atoms with van der Waals surface area (Å²) >= 11 is -1.89. The van der Waals surface area contributed by atoms with E-state index in [9.17, 15) is 4.39 Å². The molecule has 1 aromatic carbocycles. The fraction of sp³-hybridized carbons (Fsp3) is 0.312. The Morgan fingerprint density at radius 3 is 2.32 bits per heavy atom. The van der Waals surface area contributed by atoms with Crippen molar-refractivity contribution in [3.05, 3.63) is 47.4 Å². The van der Waals surface area contributed by atoms with Crippen molar-refractivity contribution in [3.8, 4) is 11.3 Å². The van der Waals surface area contributed by atoms with Crippen LogP contribution in [0.15, 0.2) is 30.5 Å². The van der Waals surface area contributed by atoms with Crippen LogP contribution in [0.4, 0.5) is 4.39 Å². The van der Waals surface area contributed by atoms with E-state index in [1.54, 1.807) is 19.1 Å². The first-order valence-electron chi connectivity index (χ1n) is 6.53. The summed E-state index contributed by atoms with van der Waals surface area (Å²) in [6.45, 7) is 3.88. The summed E-state index contributed by atoms with van der Waals surface area (Å²) in [5.41, 5.74) is 3.22. The van der Waals surface area contributed by atoms with E-state index in [1.165, 1.54) is 9.96 Å². The predicted molar refractivity (Wildman–Crippen MR) is 82.1 cm³/mol. The Kier molecular flexibility index (Phi) is 3.81. The van der Waals surface area contributed by atoms with Gasteiger partial charge in [0.2, 0.25) is 0 Å². The maximum atomic E-state index is 14.1. The summed E-state index contributed by atoms with van der Waals surface area (Å²) in [4.78, 5) is 4.49. The van der Waals surface area contributed by atoms with Crippen molar-refractivity contribution in [1.29, 1.82) is 0 Å². The fourth-order valence-electron chi connectivity index (χ4n) is 2.33. The van der Waals surface area contributed by atoms with Crippen molar-refractivity contribution < 1.29 is 4.39 Å². The third-order valence-electron chi connectivity index (χ3n) is 3.39. The Labute approximate surface area is 117 Å². The number of benzene rings is 1. The first-order valence-corrected chi connectivity index (χ1v) is 13.9. The normalized spacial score (nSPS) is 11.7. The molecule has 0 fully saturated rings. The van der Waals surface area contributed by atoms with Gasteiger partial charge in [-0.2, -0.15) is 0 Å². The van der Waals surface area contributed by atoms with Crippen LogP contribution in [-0.2, 0) is 0 Å². The van der Waals surface area contributed by atoms with Crippen LogP contribution in [0, 0.1) is 19.7 Å². The Balaban J connectivity index is 2.54. The molecule has 1 heterocycles. The number of rotatable bonds is 2. The zero-order valence-corrected chi connectivity index (χ0v) is 14.3. The van der Waals surface area contributed by atoms with Crippen LogP contribution in [0.3, 0.4) is 0 Å². The van der Waals surface area contributed by atoms with Gasteiger partial charge >= 0.3 is 117 Å². The summed E-state index contributed by atoms with van der Waals surface area (Å²) < 4.78 is 15.5. The van der Waals surface area contributed by atoms with Gasteiger partial charge in [-0.1, -0.05) is 0 Å². The molecule has 0 unspecified atom stereocenters. The number of pyridine rings is 1. The molecular weight excluding hydrogens is 298 g/mol. The molecule has 0 aliphatic rings. The van der Waals surface area contributed by atoms with Crippen LogP contribution < -0.4 is 4.40 Å². The van der Waals surface area contributed by atoms with E-state index in [4.69, 9.17) is 0 Å². The second-order valence-corrected chi connectivity index (χ2v) is 16.6. The van der Waals surface area contributed by atoms with E-state index in [0.717, 1.165) is 5.69 Å². The molecule has 0 aliphatic carbocycles. The first-order chi connectivity index (χ1) is 8.80. The molecular formula is C16H20FGeN. The molecule has 0 spiro atoms. The number of hydrogen-bond donors (Lipinski definition) is 0. The second kappa shape index (κ2) is 5.08. The molecule has 0 bridgehead atoms. The van der Waals surface area contributed by atoms with Gasteiger partial charge in [-0.3, -0.25) is 0 Å². The van der Waals surface area contributed by atoms with Crippen molar-refractivity contribution in [2.45, 2.75) is 31.1 Å². The fourth-order valence-corrected chi connectivity index (χ4v) is 5.92. The molecule has 100 valence electrons. The minimum atomic E-state index is -1.89. The molecule has 0 aliphatic heterocycles. The molecule has 1 aromatic heterocycles. The predicted octanol–water partition coefficient (Wildman–Crippen LogP) is 4.05. The first kappa shape index (κ1) is 14.3. The molecule has 0 saturated heterocycles. The zero-order chi connectivity index (χ0) is 14.2. The Morgan fingerprint density at radius 2 is 1.74 bits per heavy atom. The van der Waals surface area contributed by atoms with E-state index in [0.29, 0.717) is 11.1 Å². The van der Waals surface area contributed by atoms with Crippen molar-refractivity contribution in [2.24, 2.45) is 0 Å². The van der Waals surface area contributed by atoms with Gasteiger partial charge in [0.25, 0.3) is 0 Å². The van der Waals surface area contributed by atoms with Gasteiger partial charge in [0.15, 0.2) is 0 Å². The Bertz CT molecular complexity index is 615. The number of nitrogens with zero attached hydrogens (tertiary/aromatic N) is 1. The molecule has 19 heavy (non-hydrogen) atoms. The quantitative estimate of drug-likeness (QED) is 0.761. The third kappa shape index (κ3) is 2.89. The van der Waals surface area contributed by atoms with Gasteiger partial charge in [0.05, 0.1) is 0 Å². The topological polar surface area (TPSA) is 12.9 Å². The molecule has 0 amide bonds. The summed E-state index contributed by atoms with van der Waals surface area (Å²) in [6.07, 6.45) is 1.95. The van der Waals surface area contributed by atoms with Crippen molar-refractivity contribution in [3.63, 3.8) is 0 Å². The van der Waals surface area contributed by atoms with Gasteiger partial charge in [-0.25, -0.2) is 0 Å². The molecule has 0 N–H and O–H groups in total. The van der Waals surface area contributed by atoms with E-state index < -0.39 is 13.3 Å². The van der Waals surface area contributed by atoms with Crippen LogP contribution in [0.1, 0.15) is 11.1 Å². The summed E-state index contributed by atoms with van der Waals surface area (Å²) in [5, 5.41) is 0. The van der Waals surface area contributed by atoms with E-state index in [-0.39, 0.29) is 5.82 Å². The SMILES string of the molecule is Cc1cc(-c2cccc(C)c2F)nc[c]1[Ge]([CH3])([CH3])[CH3]. The van der Waals surface area contributed by atoms with Gasteiger partial charge in [-0.15, -0.1) is 0 Å². The second-order valence-electron chi connectivity index (χ2n) is 6.07. The molecule has 1 nitrogen and oxygen atoms in total. The number of aryl methyl sites for hydroxylation is 2. The van der Waals surface area contributed by atoms with Crippen LogP contribution >= 0.6 is 0 Å². The standard InChI is InChI=1S/C16H20FGeN/c1-11-7-6-8-13(16(11)17)15-9-12(2)14(10-19-15)18(3,4)5/h6-10H,1-5H3. The number of aromatic nitrogens is 1. The van der Waals surface area contributed by atoms with Gasteiger partial charge in [0.1, 0.15) is 0 Å². The molecule has 0 radical (unpaired) electrons. The summed E-state index contributed by atoms with van der Waals surface area (Å²) in [5.74, 6) is 6.87. The summed E-state index contributed by atoms with van der Waals surface area (Å²) in [7, 11) is 0. The third-order valence-corrected chi connectivity index (χ3v) is 7.88. The Morgan fingerprint density at radius 1 is 1.05 bits per heavy atom. The van der Waals surface area contributed by atoms with Crippen molar-refractivity contribution >= 4 is 17.7 Å². The molecule has 2 aromatic rings. The van der Waals surface area contributed by atoms with Crippen molar-refractivity contribution in [1.82, 2.24) is 4.98 Å². The Hall–Kier alpha value is -1.16. The molecule has 0 atom stereocenters. The van der Waals surface area contributed by atoms with E-state index in [2.05, 4.69) is 29.2 Å². The van der Waals surface area contributed by atoms with Gasteiger partial charge in [-0.05, 0) is 0 Å².